The standard InChI is InChI=1S/C14H12BrFN2O/c1-8-5-6-17-9(2)13(8)18-14(19)11-7-10(15)3-4-12(11)16/h3-7H,1-2H3,(H,18,19). The van der Waals surface area contributed by atoms with E-state index >= 15 is 0 Å². The van der Waals surface area contributed by atoms with Crippen LogP contribution in [0.1, 0.15) is 21.6 Å². The van der Waals surface area contributed by atoms with Crippen LogP contribution in [0.5, 0.6) is 0 Å². The molecule has 1 heterocycles. The van der Waals surface area contributed by atoms with Crippen molar-refractivity contribution in [2.24, 2.45) is 0 Å². The zero-order valence-corrected chi connectivity index (χ0v) is 12.1. The van der Waals surface area contributed by atoms with Gasteiger partial charge in [-0.25, -0.2) is 4.39 Å². The van der Waals surface area contributed by atoms with Crippen LogP contribution in [0.25, 0.3) is 0 Å². The second-order valence-electron chi connectivity index (χ2n) is 4.17. The minimum Gasteiger partial charge on any atom is -0.320 e. The second-order valence-corrected chi connectivity index (χ2v) is 5.08. The quantitative estimate of drug-likeness (QED) is 0.912. The van der Waals surface area contributed by atoms with E-state index in [4.69, 9.17) is 0 Å². The van der Waals surface area contributed by atoms with Crippen molar-refractivity contribution in [1.29, 1.82) is 0 Å². The van der Waals surface area contributed by atoms with Gasteiger partial charge in [0.1, 0.15) is 5.82 Å². The Morgan fingerprint density at radius 2 is 2.05 bits per heavy atom. The van der Waals surface area contributed by atoms with E-state index in [0.717, 1.165) is 5.56 Å². The Hall–Kier alpha value is -1.75. The number of carbonyl (C=O) groups is 1. The molecule has 0 aliphatic rings. The summed E-state index contributed by atoms with van der Waals surface area (Å²) < 4.78 is 14.3. The summed E-state index contributed by atoms with van der Waals surface area (Å²) in [7, 11) is 0. The molecule has 1 aromatic heterocycles. The molecule has 0 bridgehead atoms. The molecule has 0 saturated carbocycles. The van der Waals surface area contributed by atoms with E-state index in [0.29, 0.717) is 15.9 Å². The first-order chi connectivity index (χ1) is 8.99. The number of amides is 1. The number of anilines is 1. The SMILES string of the molecule is Cc1ccnc(C)c1NC(=O)c1cc(Br)ccc1F. The number of hydrogen-bond acceptors (Lipinski definition) is 2. The summed E-state index contributed by atoms with van der Waals surface area (Å²) in [6.07, 6.45) is 1.67. The second kappa shape index (κ2) is 5.48. The average molecular weight is 323 g/mol. The fourth-order valence-electron chi connectivity index (χ4n) is 1.74. The van der Waals surface area contributed by atoms with Crippen molar-refractivity contribution in [3.05, 3.63) is 57.6 Å². The van der Waals surface area contributed by atoms with E-state index in [1.165, 1.54) is 12.1 Å². The number of aromatic nitrogens is 1. The Bertz CT molecular complexity index is 623. The third-order valence-corrected chi connectivity index (χ3v) is 3.25. The lowest BCUT2D eigenvalue weighted by Crippen LogP contribution is -2.15. The van der Waals surface area contributed by atoms with Crippen molar-refractivity contribution < 1.29 is 9.18 Å². The molecule has 0 fully saturated rings. The van der Waals surface area contributed by atoms with Gasteiger partial charge in [0, 0.05) is 10.7 Å². The Morgan fingerprint density at radius 3 is 2.74 bits per heavy atom. The van der Waals surface area contributed by atoms with Gasteiger partial charge in [-0.1, -0.05) is 15.9 Å². The summed E-state index contributed by atoms with van der Waals surface area (Å²) in [5, 5.41) is 2.70. The van der Waals surface area contributed by atoms with Crippen molar-refractivity contribution in [1.82, 2.24) is 4.98 Å². The lowest BCUT2D eigenvalue weighted by atomic mass is 10.1. The molecule has 0 atom stereocenters. The molecule has 1 N–H and O–H groups in total. The van der Waals surface area contributed by atoms with Gasteiger partial charge in [-0.3, -0.25) is 9.78 Å². The smallest absolute Gasteiger partial charge is 0.258 e. The van der Waals surface area contributed by atoms with E-state index in [9.17, 15) is 9.18 Å². The minimum absolute atomic E-state index is 0.00275. The number of aryl methyl sites for hydroxylation is 2. The van der Waals surface area contributed by atoms with E-state index < -0.39 is 11.7 Å². The maximum atomic E-state index is 13.6. The Morgan fingerprint density at radius 1 is 1.32 bits per heavy atom. The molecule has 98 valence electrons. The number of nitrogens with one attached hydrogen (secondary N) is 1. The molecule has 0 spiro atoms. The number of pyridine rings is 1. The highest BCUT2D eigenvalue weighted by molar-refractivity contribution is 9.10. The molecular weight excluding hydrogens is 311 g/mol. The largest absolute Gasteiger partial charge is 0.320 e. The normalized spacial score (nSPS) is 10.3. The minimum atomic E-state index is -0.556. The van der Waals surface area contributed by atoms with Crippen molar-refractivity contribution in [3.63, 3.8) is 0 Å². The number of nitrogens with zero attached hydrogens (tertiary/aromatic N) is 1. The first-order valence-corrected chi connectivity index (χ1v) is 6.47. The molecule has 3 nitrogen and oxygen atoms in total. The van der Waals surface area contributed by atoms with Gasteiger partial charge in [0.2, 0.25) is 0 Å². The van der Waals surface area contributed by atoms with Gasteiger partial charge in [0.25, 0.3) is 5.91 Å². The molecule has 5 heteroatoms. The number of hydrogen-bond donors (Lipinski definition) is 1. The van der Waals surface area contributed by atoms with Crippen LogP contribution in [0.3, 0.4) is 0 Å². The summed E-state index contributed by atoms with van der Waals surface area (Å²) in [6, 6.07) is 6.04. The van der Waals surface area contributed by atoms with Crippen LogP contribution in [0.2, 0.25) is 0 Å². The summed E-state index contributed by atoms with van der Waals surface area (Å²) in [5.74, 6) is -1.04. The van der Waals surface area contributed by atoms with Crippen LogP contribution in [-0.4, -0.2) is 10.9 Å². The lowest BCUT2D eigenvalue weighted by Gasteiger charge is -2.11. The number of benzene rings is 1. The van der Waals surface area contributed by atoms with Crippen molar-refractivity contribution in [3.8, 4) is 0 Å². The van der Waals surface area contributed by atoms with Crippen LogP contribution in [0.15, 0.2) is 34.9 Å². The van der Waals surface area contributed by atoms with Crippen LogP contribution >= 0.6 is 15.9 Å². The predicted octanol–water partition coefficient (Wildman–Crippen LogP) is 3.85. The van der Waals surface area contributed by atoms with Gasteiger partial charge < -0.3 is 5.32 Å². The zero-order chi connectivity index (χ0) is 14.0. The Balaban J connectivity index is 2.34. The Kier molecular flexibility index (Phi) is 3.95. The molecule has 0 saturated heterocycles. The molecule has 0 aliphatic heterocycles. The molecule has 1 amide bonds. The van der Waals surface area contributed by atoms with E-state index in [2.05, 4.69) is 26.2 Å². The summed E-state index contributed by atoms with van der Waals surface area (Å²) >= 11 is 3.22. The van der Waals surface area contributed by atoms with Gasteiger partial charge in [-0.15, -0.1) is 0 Å². The molecule has 2 rings (SSSR count). The number of halogens is 2. The molecule has 2 aromatic rings. The van der Waals surface area contributed by atoms with Gasteiger partial charge in [-0.2, -0.15) is 0 Å². The van der Waals surface area contributed by atoms with Crippen LogP contribution in [0.4, 0.5) is 10.1 Å². The summed E-state index contributed by atoms with van der Waals surface area (Å²) in [6.45, 7) is 3.65. The van der Waals surface area contributed by atoms with Gasteiger partial charge in [-0.05, 0) is 43.7 Å². The van der Waals surface area contributed by atoms with Crippen molar-refractivity contribution >= 4 is 27.5 Å². The molecule has 0 unspecified atom stereocenters. The van der Waals surface area contributed by atoms with Gasteiger partial charge in [0.05, 0.1) is 16.9 Å². The fraction of sp³-hybridized carbons (Fsp3) is 0.143. The van der Waals surface area contributed by atoms with Gasteiger partial charge in [0.15, 0.2) is 0 Å². The topological polar surface area (TPSA) is 42.0 Å². The third kappa shape index (κ3) is 2.98. The highest BCUT2D eigenvalue weighted by Crippen LogP contribution is 2.20. The fourth-order valence-corrected chi connectivity index (χ4v) is 2.10. The molecular formula is C14H12BrFN2O. The predicted molar refractivity (Wildman–Crippen MR) is 75.8 cm³/mol. The highest BCUT2D eigenvalue weighted by Gasteiger charge is 2.14. The van der Waals surface area contributed by atoms with Crippen LogP contribution in [-0.2, 0) is 0 Å². The molecule has 1 aromatic carbocycles. The van der Waals surface area contributed by atoms with Crippen molar-refractivity contribution in [2.75, 3.05) is 5.32 Å². The maximum Gasteiger partial charge on any atom is 0.258 e. The molecule has 0 aliphatic carbocycles. The van der Waals surface area contributed by atoms with Gasteiger partial charge >= 0.3 is 0 Å². The maximum absolute atomic E-state index is 13.6. The summed E-state index contributed by atoms with van der Waals surface area (Å²) in [5.41, 5.74) is 2.20. The van der Waals surface area contributed by atoms with E-state index in [1.807, 2.05) is 6.92 Å². The lowest BCUT2D eigenvalue weighted by molar-refractivity contribution is 0.102. The molecule has 0 radical (unpaired) electrons. The monoisotopic (exact) mass is 322 g/mol. The number of rotatable bonds is 2. The first kappa shape index (κ1) is 13.7. The van der Waals surface area contributed by atoms with Crippen LogP contribution < -0.4 is 5.32 Å². The number of carbonyl (C=O) groups excluding carboxylic acids is 1. The average Bonchev–Trinajstić information content (AvgIpc) is 2.37. The Labute approximate surface area is 119 Å². The highest BCUT2D eigenvalue weighted by atomic mass is 79.9. The van der Waals surface area contributed by atoms with Crippen molar-refractivity contribution in [2.45, 2.75) is 13.8 Å². The van der Waals surface area contributed by atoms with Crippen LogP contribution in [0, 0.1) is 19.7 Å². The van der Waals surface area contributed by atoms with E-state index in [-0.39, 0.29) is 5.56 Å². The molecule has 19 heavy (non-hydrogen) atoms. The first-order valence-electron chi connectivity index (χ1n) is 5.67. The van der Waals surface area contributed by atoms with E-state index in [1.54, 1.807) is 25.3 Å². The summed E-state index contributed by atoms with van der Waals surface area (Å²) in [4.78, 5) is 16.2. The third-order valence-electron chi connectivity index (χ3n) is 2.76. The zero-order valence-electron chi connectivity index (χ0n) is 10.5.